The lowest BCUT2D eigenvalue weighted by Gasteiger charge is -2.31. The van der Waals surface area contributed by atoms with Gasteiger partial charge in [0.2, 0.25) is 5.91 Å². The van der Waals surface area contributed by atoms with Gasteiger partial charge in [-0.25, -0.2) is 4.98 Å². The molecule has 0 unspecified atom stereocenters. The van der Waals surface area contributed by atoms with Crippen LogP contribution in [0.25, 0.3) is 10.7 Å². The highest BCUT2D eigenvalue weighted by Crippen LogP contribution is 2.29. The molecule has 1 aliphatic heterocycles. The molecule has 2 aromatic heterocycles. The minimum atomic E-state index is 0.0245. The summed E-state index contributed by atoms with van der Waals surface area (Å²) in [6.07, 6.45) is 6.03. The van der Waals surface area contributed by atoms with Crippen LogP contribution in [0.1, 0.15) is 47.3 Å². The van der Waals surface area contributed by atoms with E-state index >= 15 is 0 Å². The van der Waals surface area contributed by atoms with E-state index in [1.165, 1.54) is 11.3 Å². The van der Waals surface area contributed by atoms with Gasteiger partial charge in [-0.2, -0.15) is 0 Å². The number of pyridine rings is 1. The Morgan fingerprint density at radius 3 is 2.69 bits per heavy atom. The van der Waals surface area contributed by atoms with Crippen molar-refractivity contribution in [2.45, 2.75) is 44.7 Å². The molecule has 3 heterocycles. The smallest absolute Gasteiger partial charge is 0.254 e. The van der Waals surface area contributed by atoms with Crippen LogP contribution in [0.15, 0.2) is 54.0 Å². The first-order valence-electron chi connectivity index (χ1n) is 11.2. The van der Waals surface area contributed by atoms with E-state index in [0.717, 1.165) is 66.3 Å². The Kier molecular flexibility index (Phi) is 5.99. The Labute approximate surface area is 191 Å². The number of nitrogens with one attached hydrogen (secondary N) is 1. The molecule has 3 aromatic rings. The van der Waals surface area contributed by atoms with Gasteiger partial charge in [0.15, 0.2) is 0 Å². The monoisotopic (exact) mass is 446 g/mol. The van der Waals surface area contributed by atoms with Gasteiger partial charge >= 0.3 is 0 Å². The molecule has 7 heteroatoms. The summed E-state index contributed by atoms with van der Waals surface area (Å²) in [6.45, 7) is 1.53. The molecular weight excluding hydrogens is 420 g/mol. The Balaban J connectivity index is 1.08. The fourth-order valence-electron chi connectivity index (χ4n) is 4.70. The largest absolute Gasteiger partial charge is 0.353 e. The molecule has 0 saturated heterocycles. The SMILES string of the molecule is O=C(Cc1csc(-c2ccccn2)n1)NC1CCC(CN2Cc3ccccc3C2=O)CC1. The van der Waals surface area contributed by atoms with Gasteiger partial charge < -0.3 is 10.2 Å². The number of hydrogen-bond donors (Lipinski definition) is 1. The first kappa shape index (κ1) is 20.8. The van der Waals surface area contributed by atoms with Gasteiger partial charge in [0, 0.05) is 36.3 Å². The molecule has 164 valence electrons. The third-order valence-corrected chi connectivity index (χ3v) is 7.28. The predicted octanol–water partition coefficient (Wildman–Crippen LogP) is 4.08. The van der Waals surface area contributed by atoms with E-state index in [9.17, 15) is 9.59 Å². The molecule has 1 N–H and O–H groups in total. The molecule has 1 saturated carbocycles. The zero-order chi connectivity index (χ0) is 21.9. The van der Waals surface area contributed by atoms with Crippen molar-refractivity contribution in [2.24, 2.45) is 5.92 Å². The van der Waals surface area contributed by atoms with Gasteiger partial charge in [-0.05, 0) is 55.4 Å². The number of carbonyl (C=O) groups is 2. The Morgan fingerprint density at radius 2 is 1.91 bits per heavy atom. The van der Waals surface area contributed by atoms with E-state index in [0.29, 0.717) is 12.3 Å². The summed E-state index contributed by atoms with van der Waals surface area (Å²) >= 11 is 1.52. The summed E-state index contributed by atoms with van der Waals surface area (Å²) in [5, 5.41) is 5.96. The van der Waals surface area contributed by atoms with Gasteiger partial charge in [-0.15, -0.1) is 11.3 Å². The first-order valence-corrected chi connectivity index (χ1v) is 12.1. The second-order valence-corrected chi connectivity index (χ2v) is 9.52. The van der Waals surface area contributed by atoms with Crippen LogP contribution < -0.4 is 5.32 Å². The van der Waals surface area contributed by atoms with Crippen LogP contribution in [-0.2, 0) is 17.8 Å². The molecule has 1 fully saturated rings. The number of thiazole rings is 1. The zero-order valence-corrected chi connectivity index (χ0v) is 18.7. The third kappa shape index (κ3) is 4.58. The number of aromatic nitrogens is 2. The van der Waals surface area contributed by atoms with Crippen LogP contribution in [0, 0.1) is 5.92 Å². The molecule has 1 aliphatic carbocycles. The van der Waals surface area contributed by atoms with Crippen LogP contribution in [0.4, 0.5) is 0 Å². The number of benzene rings is 1. The molecule has 6 nitrogen and oxygen atoms in total. The second kappa shape index (κ2) is 9.20. The van der Waals surface area contributed by atoms with Gasteiger partial charge in [0.25, 0.3) is 5.91 Å². The van der Waals surface area contributed by atoms with Gasteiger partial charge in [-0.3, -0.25) is 14.6 Å². The van der Waals surface area contributed by atoms with E-state index in [4.69, 9.17) is 0 Å². The van der Waals surface area contributed by atoms with Crippen molar-refractivity contribution in [3.05, 3.63) is 70.9 Å². The minimum Gasteiger partial charge on any atom is -0.353 e. The fourth-order valence-corrected chi connectivity index (χ4v) is 5.50. The molecule has 32 heavy (non-hydrogen) atoms. The lowest BCUT2D eigenvalue weighted by atomic mass is 9.85. The van der Waals surface area contributed by atoms with E-state index in [-0.39, 0.29) is 17.9 Å². The number of amides is 2. The van der Waals surface area contributed by atoms with Gasteiger partial charge in [0.05, 0.1) is 17.8 Å². The minimum absolute atomic E-state index is 0.0245. The van der Waals surface area contributed by atoms with Crippen molar-refractivity contribution in [2.75, 3.05) is 6.54 Å². The van der Waals surface area contributed by atoms with Crippen molar-refractivity contribution in [3.63, 3.8) is 0 Å². The average molecular weight is 447 g/mol. The van der Waals surface area contributed by atoms with Crippen LogP contribution in [-0.4, -0.2) is 39.3 Å². The van der Waals surface area contributed by atoms with E-state index < -0.39 is 0 Å². The summed E-state index contributed by atoms with van der Waals surface area (Å²) in [6, 6.07) is 13.8. The van der Waals surface area contributed by atoms with Crippen LogP contribution >= 0.6 is 11.3 Å². The molecule has 5 rings (SSSR count). The van der Waals surface area contributed by atoms with E-state index in [1.54, 1.807) is 6.20 Å². The normalized spacial score (nSPS) is 20.2. The summed E-state index contributed by atoms with van der Waals surface area (Å²) < 4.78 is 0. The van der Waals surface area contributed by atoms with E-state index in [2.05, 4.69) is 15.3 Å². The predicted molar refractivity (Wildman–Crippen MR) is 124 cm³/mol. The molecular formula is C25H26N4O2S. The maximum absolute atomic E-state index is 12.6. The fraction of sp³-hybridized carbons (Fsp3) is 0.360. The van der Waals surface area contributed by atoms with Crippen molar-refractivity contribution < 1.29 is 9.59 Å². The topological polar surface area (TPSA) is 75.2 Å². The molecule has 1 aromatic carbocycles. The van der Waals surface area contributed by atoms with Crippen molar-refractivity contribution >= 4 is 23.2 Å². The summed E-state index contributed by atoms with van der Waals surface area (Å²) in [7, 11) is 0. The summed E-state index contributed by atoms with van der Waals surface area (Å²) in [5.74, 6) is 0.682. The van der Waals surface area contributed by atoms with Gasteiger partial charge in [0.1, 0.15) is 5.01 Å². The molecule has 0 atom stereocenters. The Morgan fingerprint density at radius 1 is 1.09 bits per heavy atom. The number of hydrogen-bond acceptors (Lipinski definition) is 5. The number of fused-ring (bicyclic) bond motifs is 1. The standard InChI is InChI=1S/C25H26N4O2S/c30-23(13-20-16-32-24(28-20)22-7-3-4-12-26-22)27-19-10-8-17(9-11-19)14-29-15-18-5-1-2-6-21(18)25(29)31/h1-7,12,16-17,19H,8-11,13-15H2,(H,27,30). The van der Waals surface area contributed by atoms with Crippen molar-refractivity contribution in [3.8, 4) is 10.7 Å². The molecule has 2 amide bonds. The zero-order valence-electron chi connectivity index (χ0n) is 17.9. The maximum Gasteiger partial charge on any atom is 0.254 e. The van der Waals surface area contributed by atoms with E-state index in [1.807, 2.05) is 52.7 Å². The lowest BCUT2D eigenvalue weighted by molar-refractivity contribution is -0.121. The van der Waals surface area contributed by atoms with Gasteiger partial charge in [-0.1, -0.05) is 24.3 Å². The Hall–Kier alpha value is -3.06. The highest BCUT2D eigenvalue weighted by molar-refractivity contribution is 7.13. The van der Waals surface area contributed by atoms with Crippen molar-refractivity contribution in [1.29, 1.82) is 0 Å². The molecule has 2 aliphatic rings. The second-order valence-electron chi connectivity index (χ2n) is 8.66. The maximum atomic E-state index is 12.6. The third-order valence-electron chi connectivity index (χ3n) is 6.36. The quantitative estimate of drug-likeness (QED) is 0.619. The summed E-state index contributed by atoms with van der Waals surface area (Å²) in [5.41, 5.74) is 3.60. The first-order chi connectivity index (χ1) is 15.7. The number of nitrogens with zero attached hydrogens (tertiary/aromatic N) is 3. The summed E-state index contributed by atoms with van der Waals surface area (Å²) in [4.78, 5) is 36.0. The molecule has 0 spiro atoms. The van der Waals surface area contributed by atoms with Crippen LogP contribution in [0.2, 0.25) is 0 Å². The van der Waals surface area contributed by atoms with Crippen molar-refractivity contribution in [1.82, 2.24) is 20.2 Å². The average Bonchev–Trinajstić information content (AvgIpc) is 3.40. The highest BCUT2D eigenvalue weighted by atomic mass is 32.1. The molecule has 0 radical (unpaired) electrons. The lowest BCUT2D eigenvalue weighted by Crippen LogP contribution is -2.40. The number of rotatable bonds is 6. The van der Waals surface area contributed by atoms with Crippen LogP contribution in [0.3, 0.4) is 0 Å². The highest BCUT2D eigenvalue weighted by Gasteiger charge is 2.30. The Bertz CT molecular complexity index is 1110. The van der Waals surface area contributed by atoms with Crippen LogP contribution in [0.5, 0.6) is 0 Å². The molecule has 0 bridgehead atoms. The number of carbonyl (C=O) groups excluding carboxylic acids is 2.